The minimum absolute atomic E-state index is 0.304. The van der Waals surface area contributed by atoms with Crippen LogP contribution in [0.1, 0.15) is 86.5 Å². The van der Waals surface area contributed by atoms with Gasteiger partial charge in [0.15, 0.2) is 0 Å². The summed E-state index contributed by atoms with van der Waals surface area (Å²) >= 11 is 0. The molecular weight excluding hydrogens is 340 g/mol. The van der Waals surface area contributed by atoms with Gasteiger partial charge in [-0.15, -0.1) is 12.8 Å². The molecule has 0 atom stereocenters. The van der Waals surface area contributed by atoms with E-state index in [-0.39, 0.29) is 0 Å². The molecule has 0 aromatic heterocycles. The maximum absolute atomic E-state index is 11.3. The van der Waals surface area contributed by atoms with Gasteiger partial charge in [-0.25, -0.2) is 0 Å². The lowest BCUT2D eigenvalue weighted by Gasteiger charge is -2.14. The lowest BCUT2D eigenvalue weighted by Crippen LogP contribution is -2.27. The van der Waals surface area contributed by atoms with Gasteiger partial charge in [-0.3, -0.25) is 9.59 Å². The fourth-order valence-electron chi connectivity index (χ4n) is 1.94. The second-order valence-electron chi connectivity index (χ2n) is 6.23. The normalized spacial score (nSPS) is 11.1. The predicted octanol–water partition coefficient (Wildman–Crippen LogP) is 4.45. The van der Waals surface area contributed by atoms with Crippen LogP contribution in [0.5, 0.6) is 0 Å². The Morgan fingerprint density at radius 3 is 1.81 bits per heavy atom. The van der Waals surface area contributed by atoms with E-state index in [2.05, 4.69) is 38.9 Å². The summed E-state index contributed by atoms with van der Waals surface area (Å²) in [4.78, 5) is 32.7. The first-order chi connectivity index (χ1) is 12.9. The van der Waals surface area contributed by atoms with Crippen LogP contribution in [0.4, 0.5) is 0 Å². The SMILES string of the molecule is C#C.CC.CC(=O)CCC(C)C.CCCCC(=O)N1CCCC1.CNC=O. The van der Waals surface area contributed by atoms with Crippen molar-refractivity contribution in [2.45, 2.75) is 86.5 Å². The number of ketones is 1. The van der Waals surface area contributed by atoms with Crippen LogP contribution < -0.4 is 5.32 Å². The molecule has 0 saturated carbocycles. The lowest BCUT2D eigenvalue weighted by atomic mass is 10.1. The van der Waals surface area contributed by atoms with Crippen LogP contribution in [0, 0.1) is 18.8 Å². The lowest BCUT2D eigenvalue weighted by molar-refractivity contribution is -0.130. The molecule has 1 fully saturated rings. The van der Waals surface area contributed by atoms with Gasteiger partial charge in [0, 0.05) is 33.0 Å². The molecule has 5 nitrogen and oxygen atoms in total. The third-order valence-corrected chi connectivity index (χ3v) is 3.39. The van der Waals surface area contributed by atoms with Gasteiger partial charge in [-0.05, 0) is 38.5 Å². The van der Waals surface area contributed by atoms with Gasteiger partial charge in [0.2, 0.25) is 12.3 Å². The number of nitrogens with zero attached hydrogens (tertiary/aromatic N) is 1. The maximum atomic E-state index is 11.3. The van der Waals surface area contributed by atoms with Crippen LogP contribution in [0.3, 0.4) is 0 Å². The summed E-state index contributed by atoms with van der Waals surface area (Å²) in [6.45, 7) is 14.0. The van der Waals surface area contributed by atoms with Crippen molar-refractivity contribution >= 4 is 18.1 Å². The molecule has 0 aliphatic carbocycles. The Hall–Kier alpha value is -1.83. The molecule has 0 radical (unpaired) electrons. The molecule has 0 bridgehead atoms. The number of rotatable bonds is 7. The fourth-order valence-corrected chi connectivity index (χ4v) is 1.94. The average molecular weight is 385 g/mol. The highest BCUT2D eigenvalue weighted by molar-refractivity contribution is 5.76. The number of hydrogen-bond donors (Lipinski definition) is 1. The summed E-state index contributed by atoms with van der Waals surface area (Å²) in [5.41, 5.74) is 0. The van der Waals surface area contributed by atoms with E-state index in [0.717, 1.165) is 45.2 Å². The number of terminal acetylenes is 1. The summed E-state index contributed by atoms with van der Waals surface area (Å²) in [5.74, 6) is 1.34. The molecule has 0 aromatic carbocycles. The monoisotopic (exact) mass is 384 g/mol. The van der Waals surface area contributed by atoms with Crippen LogP contribution in [0.2, 0.25) is 0 Å². The molecule has 0 aromatic rings. The second kappa shape index (κ2) is 29.0. The van der Waals surface area contributed by atoms with Crippen molar-refractivity contribution < 1.29 is 14.4 Å². The highest BCUT2D eigenvalue weighted by Gasteiger charge is 2.16. The van der Waals surface area contributed by atoms with Gasteiger partial charge in [-0.2, -0.15) is 0 Å². The summed E-state index contributed by atoms with van der Waals surface area (Å²) in [5, 5.41) is 2.25. The van der Waals surface area contributed by atoms with Gasteiger partial charge in [0.05, 0.1) is 0 Å². The van der Waals surface area contributed by atoms with Crippen LogP contribution in [0.15, 0.2) is 0 Å². The first-order valence-corrected chi connectivity index (χ1v) is 10.1. The number of carbonyl (C=O) groups is 3. The van der Waals surface area contributed by atoms with Gasteiger partial charge in [0.1, 0.15) is 5.78 Å². The van der Waals surface area contributed by atoms with Crippen LogP contribution in [-0.2, 0) is 14.4 Å². The molecule has 1 aliphatic heterocycles. The zero-order chi connectivity index (χ0) is 22.1. The zero-order valence-corrected chi connectivity index (χ0v) is 18.8. The average Bonchev–Trinajstić information content (AvgIpc) is 3.23. The van der Waals surface area contributed by atoms with Crippen molar-refractivity contribution in [1.82, 2.24) is 10.2 Å². The molecule has 1 saturated heterocycles. The second-order valence-corrected chi connectivity index (χ2v) is 6.23. The summed E-state index contributed by atoms with van der Waals surface area (Å²) < 4.78 is 0. The number of amides is 2. The van der Waals surface area contributed by atoms with E-state index in [1.54, 1.807) is 14.0 Å². The Balaban J connectivity index is -0.000000146. The van der Waals surface area contributed by atoms with E-state index in [4.69, 9.17) is 4.79 Å². The van der Waals surface area contributed by atoms with E-state index < -0.39 is 0 Å². The van der Waals surface area contributed by atoms with Crippen LogP contribution in [0.25, 0.3) is 0 Å². The molecule has 1 heterocycles. The summed E-state index contributed by atoms with van der Waals surface area (Å²) in [6.07, 6.45) is 15.8. The van der Waals surface area contributed by atoms with Gasteiger partial charge >= 0.3 is 0 Å². The van der Waals surface area contributed by atoms with Crippen molar-refractivity contribution in [3.63, 3.8) is 0 Å². The third kappa shape index (κ3) is 32.3. The molecule has 27 heavy (non-hydrogen) atoms. The van der Waals surface area contributed by atoms with E-state index >= 15 is 0 Å². The minimum atomic E-state index is 0.304. The molecule has 1 N–H and O–H groups in total. The number of Topliss-reactive ketones (excluding diaryl/α,β-unsaturated/α-hetero) is 1. The Bertz CT molecular complexity index is 347. The highest BCUT2D eigenvalue weighted by Crippen LogP contribution is 2.10. The standard InChI is InChI=1S/C9H17NO.C7H14O.C2H5NO.C2H6.C2H2/c1-2-3-6-9(11)10-7-4-5-8-10;1-6(2)4-5-7(3)8;1-3-2-4;2*1-2/h2-8H2,1H3;6H,4-5H2,1-3H3;2H,1H3,(H,3,4);1-2H3;1-2H. The van der Waals surface area contributed by atoms with E-state index in [1.807, 2.05) is 18.7 Å². The highest BCUT2D eigenvalue weighted by atomic mass is 16.2. The van der Waals surface area contributed by atoms with Crippen LogP contribution in [-0.4, -0.2) is 43.1 Å². The van der Waals surface area contributed by atoms with Crippen molar-refractivity contribution in [2.24, 2.45) is 5.92 Å². The number of unbranched alkanes of at least 4 members (excludes halogenated alkanes) is 1. The van der Waals surface area contributed by atoms with Crippen molar-refractivity contribution in [3.8, 4) is 12.8 Å². The Morgan fingerprint density at radius 1 is 1.11 bits per heavy atom. The molecule has 2 amide bonds. The van der Waals surface area contributed by atoms with Crippen molar-refractivity contribution in [3.05, 3.63) is 0 Å². The quantitative estimate of drug-likeness (QED) is 0.521. The summed E-state index contributed by atoms with van der Waals surface area (Å²) in [7, 11) is 1.56. The van der Waals surface area contributed by atoms with Crippen LogP contribution >= 0.6 is 0 Å². The zero-order valence-electron chi connectivity index (χ0n) is 18.8. The van der Waals surface area contributed by atoms with Gasteiger partial charge in [-0.1, -0.05) is 41.0 Å². The largest absolute Gasteiger partial charge is 0.362 e. The molecule has 5 heteroatoms. The Kier molecular flexibility index (Phi) is 35.2. The first kappa shape index (κ1) is 32.8. The summed E-state index contributed by atoms with van der Waals surface area (Å²) in [6, 6.07) is 0. The third-order valence-electron chi connectivity index (χ3n) is 3.39. The number of likely N-dealkylation sites (tertiary alicyclic amines) is 1. The van der Waals surface area contributed by atoms with Gasteiger partial charge < -0.3 is 15.0 Å². The Morgan fingerprint density at radius 2 is 1.56 bits per heavy atom. The smallest absolute Gasteiger partial charge is 0.222 e. The number of nitrogens with one attached hydrogen (secondary N) is 1. The van der Waals surface area contributed by atoms with E-state index in [9.17, 15) is 9.59 Å². The predicted molar refractivity (Wildman–Crippen MR) is 116 cm³/mol. The topological polar surface area (TPSA) is 66.5 Å². The number of carbonyl (C=O) groups excluding carboxylic acids is 3. The molecular formula is C22H44N2O3. The Labute approximate surface area is 168 Å². The molecule has 0 unspecified atom stereocenters. The van der Waals surface area contributed by atoms with Crippen molar-refractivity contribution in [2.75, 3.05) is 20.1 Å². The molecule has 1 rings (SSSR count). The number of hydrogen-bond acceptors (Lipinski definition) is 3. The maximum Gasteiger partial charge on any atom is 0.222 e. The molecule has 160 valence electrons. The van der Waals surface area contributed by atoms with E-state index in [1.165, 1.54) is 12.8 Å². The minimum Gasteiger partial charge on any atom is -0.362 e. The first-order valence-electron chi connectivity index (χ1n) is 10.1. The molecule has 1 aliphatic rings. The van der Waals surface area contributed by atoms with E-state index in [0.29, 0.717) is 24.0 Å². The van der Waals surface area contributed by atoms with Gasteiger partial charge in [0.25, 0.3) is 0 Å². The molecule has 0 spiro atoms. The fraction of sp³-hybridized carbons (Fsp3) is 0.773. The van der Waals surface area contributed by atoms with Crippen molar-refractivity contribution in [1.29, 1.82) is 0 Å².